The van der Waals surface area contributed by atoms with Crippen molar-refractivity contribution in [2.24, 2.45) is 5.92 Å². The van der Waals surface area contributed by atoms with Crippen LogP contribution in [0.5, 0.6) is 0 Å². The van der Waals surface area contributed by atoms with Gasteiger partial charge < -0.3 is 15.9 Å². The summed E-state index contributed by atoms with van der Waals surface area (Å²) in [5, 5.41) is 7.24. The third-order valence-corrected chi connectivity index (χ3v) is 3.62. The molecule has 0 bridgehead atoms. The van der Waals surface area contributed by atoms with E-state index in [4.69, 9.17) is 15.9 Å². The lowest BCUT2D eigenvalue weighted by molar-refractivity contribution is 0.0807. The van der Waals surface area contributed by atoms with Crippen LogP contribution in [0.2, 0.25) is 0 Å². The molecule has 1 aliphatic rings. The largest absolute Gasteiger partial charge is 0.398 e. The Morgan fingerprint density at radius 1 is 1.39 bits per heavy atom. The Kier molecular flexibility index (Phi) is 4.40. The summed E-state index contributed by atoms with van der Waals surface area (Å²) in [5.41, 5.74) is 8.02. The van der Waals surface area contributed by atoms with Crippen molar-refractivity contribution >= 4 is 27.8 Å². The summed E-state index contributed by atoms with van der Waals surface area (Å²) in [4.78, 5) is 0. The quantitative estimate of drug-likeness (QED) is 0.476. The van der Waals surface area contributed by atoms with Gasteiger partial charge in [-0.2, -0.15) is 0 Å². The first-order chi connectivity index (χ1) is 8.70. The monoisotopic (exact) mass is 306 g/mol. The van der Waals surface area contributed by atoms with Crippen molar-refractivity contribution in [2.45, 2.75) is 12.8 Å². The van der Waals surface area contributed by atoms with Crippen LogP contribution in [0.3, 0.4) is 0 Å². The molecule has 1 aromatic carbocycles. The molecule has 0 unspecified atom stereocenters. The fourth-order valence-electron chi connectivity index (χ4n) is 1.85. The van der Waals surface area contributed by atoms with Gasteiger partial charge in [0.2, 0.25) is 0 Å². The van der Waals surface area contributed by atoms with Gasteiger partial charge in [0.25, 0.3) is 0 Å². The van der Waals surface area contributed by atoms with Crippen molar-refractivity contribution in [3.8, 4) is 11.8 Å². The zero-order valence-corrected chi connectivity index (χ0v) is 11.6. The number of nitrogens with two attached hydrogens (primary N) is 1. The summed E-state index contributed by atoms with van der Waals surface area (Å²) in [7, 11) is 0. The van der Waals surface area contributed by atoms with Gasteiger partial charge in [-0.25, -0.2) is 0 Å². The zero-order chi connectivity index (χ0) is 13.0. The molecule has 1 fully saturated rings. The molecule has 1 aromatic rings. The lowest BCUT2D eigenvalue weighted by Crippen LogP contribution is -2.13. The van der Waals surface area contributed by atoms with Crippen LogP contribution in [0.1, 0.15) is 24.0 Å². The molecular weight excluding hydrogens is 292 g/mol. The van der Waals surface area contributed by atoms with Crippen LogP contribution in [0.15, 0.2) is 16.6 Å². The van der Waals surface area contributed by atoms with E-state index in [2.05, 4.69) is 27.8 Å². The lowest BCUT2D eigenvalue weighted by atomic mass is 10.0. The number of nitrogens with one attached hydrogen (secondary N) is 1. The van der Waals surface area contributed by atoms with Gasteiger partial charge in [-0.15, -0.1) is 0 Å². The smallest absolute Gasteiger partial charge is 0.0477 e. The molecule has 3 N–H and O–H groups in total. The molecular formula is C14H15BrN2O. The van der Waals surface area contributed by atoms with E-state index in [1.54, 1.807) is 0 Å². The maximum Gasteiger partial charge on any atom is 0.0477 e. The summed E-state index contributed by atoms with van der Waals surface area (Å²) in [6.07, 6.45) is 3.24. The van der Waals surface area contributed by atoms with Crippen LogP contribution in [-0.2, 0) is 4.74 Å². The molecule has 1 heterocycles. The fourth-order valence-corrected chi connectivity index (χ4v) is 2.31. The minimum absolute atomic E-state index is 0.411. The zero-order valence-electron chi connectivity index (χ0n) is 10.0. The number of benzene rings is 1. The highest BCUT2D eigenvalue weighted by Crippen LogP contribution is 2.22. The van der Waals surface area contributed by atoms with Crippen molar-refractivity contribution in [3.05, 3.63) is 27.7 Å². The standard InChI is InChI=1S/C14H15BrN2O/c15-13-7-12(9-16)14(17)8-11(13)2-1-10-3-5-18-6-4-10/h7-10,16H,3-6,17H2. The number of hydrogen-bond donors (Lipinski definition) is 2. The number of halogens is 1. The Morgan fingerprint density at radius 3 is 2.78 bits per heavy atom. The fraction of sp³-hybridized carbons (Fsp3) is 0.357. The summed E-state index contributed by atoms with van der Waals surface area (Å²) in [6, 6.07) is 3.65. The van der Waals surface area contributed by atoms with Crippen molar-refractivity contribution < 1.29 is 4.74 Å². The van der Waals surface area contributed by atoms with E-state index < -0.39 is 0 Å². The number of nitrogen functional groups attached to an aromatic ring is 1. The Balaban J connectivity index is 2.21. The van der Waals surface area contributed by atoms with Crippen LogP contribution in [0.25, 0.3) is 0 Å². The summed E-state index contributed by atoms with van der Waals surface area (Å²) >= 11 is 3.46. The van der Waals surface area contributed by atoms with Gasteiger partial charge in [0.1, 0.15) is 0 Å². The molecule has 1 saturated heterocycles. The molecule has 1 aliphatic heterocycles. The van der Waals surface area contributed by atoms with E-state index in [9.17, 15) is 0 Å². The molecule has 18 heavy (non-hydrogen) atoms. The second-order valence-electron chi connectivity index (χ2n) is 4.26. The highest BCUT2D eigenvalue weighted by atomic mass is 79.9. The molecule has 3 nitrogen and oxygen atoms in total. The minimum Gasteiger partial charge on any atom is -0.398 e. The van der Waals surface area contributed by atoms with E-state index in [0.717, 1.165) is 36.1 Å². The molecule has 4 heteroatoms. The van der Waals surface area contributed by atoms with Gasteiger partial charge in [0.05, 0.1) is 0 Å². The minimum atomic E-state index is 0.411. The molecule has 94 valence electrons. The first-order valence-electron chi connectivity index (χ1n) is 5.89. The first kappa shape index (κ1) is 13.1. The average Bonchev–Trinajstić information content (AvgIpc) is 2.40. The predicted molar refractivity (Wildman–Crippen MR) is 76.9 cm³/mol. The van der Waals surface area contributed by atoms with Crippen molar-refractivity contribution in [3.63, 3.8) is 0 Å². The molecule has 0 aliphatic carbocycles. The Bertz CT molecular complexity index is 511. The van der Waals surface area contributed by atoms with Crippen LogP contribution in [0, 0.1) is 23.2 Å². The number of hydrogen-bond acceptors (Lipinski definition) is 3. The van der Waals surface area contributed by atoms with E-state index >= 15 is 0 Å². The molecule has 0 spiro atoms. The van der Waals surface area contributed by atoms with Crippen molar-refractivity contribution in [1.29, 1.82) is 5.41 Å². The van der Waals surface area contributed by atoms with Gasteiger partial charge >= 0.3 is 0 Å². The molecule has 0 amide bonds. The Morgan fingerprint density at radius 2 is 2.11 bits per heavy atom. The predicted octanol–water partition coefficient (Wildman–Crippen LogP) is 2.81. The number of rotatable bonds is 1. The normalized spacial score (nSPS) is 15.8. The van der Waals surface area contributed by atoms with E-state index in [1.165, 1.54) is 6.21 Å². The van der Waals surface area contributed by atoms with E-state index in [0.29, 0.717) is 17.2 Å². The van der Waals surface area contributed by atoms with E-state index in [-0.39, 0.29) is 0 Å². The van der Waals surface area contributed by atoms with Crippen LogP contribution < -0.4 is 5.73 Å². The second kappa shape index (κ2) is 6.03. The second-order valence-corrected chi connectivity index (χ2v) is 5.12. The van der Waals surface area contributed by atoms with Crippen molar-refractivity contribution in [1.82, 2.24) is 0 Å². The highest BCUT2D eigenvalue weighted by Gasteiger charge is 2.10. The van der Waals surface area contributed by atoms with Crippen LogP contribution in [0.4, 0.5) is 5.69 Å². The van der Waals surface area contributed by atoms with Crippen LogP contribution >= 0.6 is 15.9 Å². The van der Waals surface area contributed by atoms with Crippen LogP contribution in [-0.4, -0.2) is 19.4 Å². The summed E-state index contributed by atoms with van der Waals surface area (Å²) in [6.45, 7) is 1.60. The average molecular weight is 307 g/mol. The topological polar surface area (TPSA) is 59.1 Å². The SMILES string of the molecule is N=Cc1cc(Br)c(C#CC2CCOCC2)cc1N. The highest BCUT2D eigenvalue weighted by molar-refractivity contribution is 9.10. The number of anilines is 1. The van der Waals surface area contributed by atoms with Gasteiger partial charge in [-0.1, -0.05) is 11.8 Å². The van der Waals surface area contributed by atoms with Gasteiger partial charge in [-0.3, -0.25) is 0 Å². The van der Waals surface area contributed by atoms with E-state index in [1.807, 2.05) is 12.1 Å². The number of ether oxygens (including phenoxy) is 1. The molecule has 0 saturated carbocycles. The summed E-state index contributed by atoms with van der Waals surface area (Å²) < 4.78 is 6.19. The molecule has 0 aromatic heterocycles. The third-order valence-electron chi connectivity index (χ3n) is 2.96. The molecule has 2 rings (SSSR count). The Hall–Kier alpha value is -1.31. The Labute approximate surface area is 115 Å². The molecule has 0 atom stereocenters. The summed E-state index contributed by atoms with van der Waals surface area (Å²) in [5.74, 6) is 6.85. The van der Waals surface area contributed by atoms with Crippen molar-refractivity contribution in [2.75, 3.05) is 18.9 Å². The maximum atomic E-state index is 7.24. The lowest BCUT2D eigenvalue weighted by Gasteiger charge is -2.16. The maximum absolute atomic E-state index is 7.24. The van der Waals surface area contributed by atoms with Gasteiger partial charge in [-0.05, 0) is 40.9 Å². The van der Waals surface area contributed by atoms with Gasteiger partial charge in [0.15, 0.2) is 0 Å². The van der Waals surface area contributed by atoms with Gasteiger partial charge in [0, 0.05) is 46.6 Å². The first-order valence-corrected chi connectivity index (χ1v) is 6.69. The third kappa shape index (κ3) is 3.12. The molecule has 0 radical (unpaired) electrons.